The highest BCUT2D eigenvalue weighted by molar-refractivity contribution is 5.78. The zero-order valence-corrected chi connectivity index (χ0v) is 9.99. The minimum atomic E-state index is 0.00175. The van der Waals surface area contributed by atoms with Crippen LogP contribution in [-0.2, 0) is 4.79 Å². The third-order valence-electron chi connectivity index (χ3n) is 2.80. The molecule has 0 fully saturated rings. The number of rotatable bonds is 7. The predicted molar refractivity (Wildman–Crippen MR) is 61.3 cm³/mol. The highest BCUT2D eigenvalue weighted by atomic mass is 16.3. The molecule has 0 heterocycles. The Morgan fingerprint density at radius 1 is 1.40 bits per heavy atom. The van der Waals surface area contributed by atoms with Gasteiger partial charge in [-0.05, 0) is 32.2 Å². The molecule has 3 atom stereocenters. The molecule has 4 N–H and O–H groups in total. The van der Waals surface area contributed by atoms with Crippen molar-refractivity contribution in [3.63, 3.8) is 0 Å². The maximum Gasteiger partial charge on any atom is 0.223 e. The number of nitrogens with two attached hydrogens (primary N) is 1. The van der Waals surface area contributed by atoms with Crippen molar-refractivity contribution in [2.75, 3.05) is 13.2 Å². The first kappa shape index (κ1) is 14.4. The van der Waals surface area contributed by atoms with E-state index in [-0.39, 0.29) is 30.4 Å². The molecular formula is C11H24N2O2. The monoisotopic (exact) mass is 216 g/mol. The number of carbonyl (C=O) groups excluding carboxylic acids is 1. The predicted octanol–water partition coefficient (Wildman–Crippen LogP) is 0.495. The smallest absolute Gasteiger partial charge is 0.223 e. The SMILES string of the molecule is CC(CCCN)C(=O)NC(C)C(C)CO. The average molecular weight is 216 g/mol. The lowest BCUT2D eigenvalue weighted by atomic mass is 10.0. The zero-order chi connectivity index (χ0) is 11.8. The molecule has 0 bridgehead atoms. The Bertz CT molecular complexity index is 185. The summed E-state index contributed by atoms with van der Waals surface area (Å²) in [5.41, 5.74) is 5.38. The van der Waals surface area contributed by atoms with Crippen LogP contribution in [0.15, 0.2) is 0 Å². The van der Waals surface area contributed by atoms with Crippen LogP contribution < -0.4 is 11.1 Å². The molecule has 0 spiro atoms. The van der Waals surface area contributed by atoms with Gasteiger partial charge in [0.15, 0.2) is 0 Å². The van der Waals surface area contributed by atoms with E-state index < -0.39 is 0 Å². The van der Waals surface area contributed by atoms with Gasteiger partial charge >= 0.3 is 0 Å². The summed E-state index contributed by atoms with van der Waals surface area (Å²) in [6, 6.07) is 0.0165. The van der Waals surface area contributed by atoms with Gasteiger partial charge in [-0.15, -0.1) is 0 Å². The molecule has 90 valence electrons. The van der Waals surface area contributed by atoms with Gasteiger partial charge < -0.3 is 16.2 Å². The first-order valence-corrected chi connectivity index (χ1v) is 5.64. The Morgan fingerprint density at radius 3 is 2.47 bits per heavy atom. The summed E-state index contributed by atoms with van der Waals surface area (Å²) in [5, 5.41) is 11.8. The van der Waals surface area contributed by atoms with Crippen molar-refractivity contribution >= 4 is 5.91 Å². The van der Waals surface area contributed by atoms with Gasteiger partial charge in [0.1, 0.15) is 0 Å². The first-order chi connectivity index (χ1) is 7.02. The van der Waals surface area contributed by atoms with Gasteiger partial charge in [0.05, 0.1) is 0 Å². The van der Waals surface area contributed by atoms with E-state index in [0.29, 0.717) is 6.54 Å². The molecule has 0 aromatic carbocycles. The summed E-state index contributed by atoms with van der Waals surface area (Å²) >= 11 is 0. The van der Waals surface area contributed by atoms with E-state index in [4.69, 9.17) is 10.8 Å². The molecule has 15 heavy (non-hydrogen) atoms. The Labute approximate surface area is 92.2 Å². The second-order valence-corrected chi connectivity index (χ2v) is 4.29. The summed E-state index contributed by atoms with van der Waals surface area (Å²) in [6.45, 7) is 6.45. The normalized spacial score (nSPS) is 16.9. The van der Waals surface area contributed by atoms with Crippen LogP contribution in [0.25, 0.3) is 0 Å². The van der Waals surface area contributed by atoms with Crippen LogP contribution in [0, 0.1) is 11.8 Å². The fraction of sp³-hybridized carbons (Fsp3) is 0.909. The summed E-state index contributed by atoms with van der Waals surface area (Å²) < 4.78 is 0. The van der Waals surface area contributed by atoms with Crippen molar-refractivity contribution in [2.24, 2.45) is 17.6 Å². The Balaban J connectivity index is 3.90. The van der Waals surface area contributed by atoms with E-state index in [1.807, 2.05) is 20.8 Å². The molecule has 0 aromatic heterocycles. The van der Waals surface area contributed by atoms with Crippen LogP contribution in [0.5, 0.6) is 0 Å². The van der Waals surface area contributed by atoms with Gasteiger partial charge in [-0.3, -0.25) is 4.79 Å². The molecule has 0 saturated carbocycles. The zero-order valence-electron chi connectivity index (χ0n) is 9.99. The van der Waals surface area contributed by atoms with Gasteiger partial charge in [-0.25, -0.2) is 0 Å². The van der Waals surface area contributed by atoms with Crippen LogP contribution in [0.4, 0.5) is 0 Å². The molecule has 4 heteroatoms. The van der Waals surface area contributed by atoms with Crippen molar-refractivity contribution in [1.29, 1.82) is 0 Å². The maximum atomic E-state index is 11.6. The summed E-state index contributed by atoms with van der Waals surface area (Å²) in [6.07, 6.45) is 1.70. The molecule has 3 unspecified atom stereocenters. The Morgan fingerprint density at radius 2 is 2.00 bits per heavy atom. The van der Waals surface area contributed by atoms with Crippen LogP contribution >= 0.6 is 0 Å². The van der Waals surface area contributed by atoms with E-state index in [1.54, 1.807) is 0 Å². The summed E-state index contributed by atoms with van der Waals surface area (Å²) in [4.78, 5) is 11.6. The molecular weight excluding hydrogens is 192 g/mol. The second-order valence-electron chi connectivity index (χ2n) is 4.29. The fourth-order valence-corrected chi connectivity index (χ4v) is 1.22. The number of amides is 1. The Hall–Kier alpha value is -0.610. The Kier molecular flexibility index (Phi) is 7.34. The van der Waals surface area contributed by atoms with Gasteiger partial charge in [0.25, 0.3) is 0 Å². The molecule has 0 aliphatic carbocycles. The lowest BCUT2D eigenvalue weighted by Gasteiger charge is -2.21. The number of aliphatic hydroxyl groups excluding tert-OH is 1. The van der Waals surface area contributed by atoms with Crippen molar-refractivity contribution in [3.8, 4) is 0 Å². The van der Waals surface area contributed by atoms with Crippen LogP contribution in [0.3, 0.4) is 0 Å². The van der Waals surface area contributed by atoms with Crippen molar-refractivity contribution in [2.45, 2.75) is 39.7 Å². The lowest BCUT2D eigenvalue weighted by Crippen LogP contribution is -2.41. The number of aliphatic hydroxyl groups is 1. The molecule has 0 aromatic rings. The van der Waals surface area contributed by atoms with Crippen molar-refractivity contribution < 1.29 is 9.90 Å². The summed E-state index contributed by atoms with van der Waals surface area (Å²) in [7, 11) is 0. The third kappa shape index (κ3) is 5.74. The summed E-state index contributed by atoms with van der Waals surface area (Å²) in [5.74, 6) is 0.147. The molecule has 0 rings (SSSR count). The van der Waals surface area contributed by atoms with Gasteiger partial charge in [-0.2, -0.15) is 0 Å². The van der Waals surface area contributed by atoms with Crippen molar-refractivity contribution in [1.82, 2.24) is 5.32 Å². The van der Waals surface area contributed by atoms with Crippen LogP contribution in [-0.4, -0.2) is 30.2 Å². The molecule has 0 aliphatic heterocycles. The standard InChI is InChI=1S/C11H24N2O2/c1-8(5-4-6-12)11(15)13-10(3)9(2)7-14/h8-10,14H,4-7,12H2,1-3H3,(H,13,15). The van der Waals surface area contributed by atoms with Gasteiger partial charge in [0, 0.05) is 18.6 Å². The highest BCUT2D eigenvalue weighted by Gasteiger charge is 2.17. The van der Waals surface area contributed by atoms with Crippen molar-refractivity contribution in [3.05, 3.63) is 0 Å². The second kappa shape index (κ2) is 7.65. The van der Waals surface area contributed by atoms with E-state index in [2.05, 4.69) is 5.32 Å². The van der Waals surface area contributed by atoms with Crippen LogP contribution in [0.1, 0.15) is 33.6 Å². The third-order valence-corrected chi connectivity index (χ3v) is 2.80. The topological polar surface area (TPSA) is 75.4 Å². The van der Waals surface area contributed by atoms with E-state index >= 15 is 0 Å². The van der Waals surface area contributed by atoms with Gasteiger partial charge in [0.2, 0.25) is 5.91 Å². The van der Waals surface area contributed by atoms with E-state index in [1.165, 1.54) is 0 Å². The average Bonchev–Trinajstić information content (AvgIpc) is 2.24. The minimum Gasteiger partial charge on any atom is -0.396 e. The first-order valence-electron chi connectivity index (χ1n) is 5.64. The minimum absolute atomic E-state index is 0.00175. The lowest BCUT2D eigenvalue weighted by molar-refractivity contribution is -0.125. The number of hydrogen-bond donors (Lipinski definition) is 3. The number of nitrogens with one attached hydrogen (secondary N) is 1. The molecule has 1 amide bonds. The quantitative estimate of drug-likeness (QED) is 0.580. The van der Waals surface area contributed by atoms with Gasteiger partial charge in [-0.1, -0.05) is 13.8 Å². The molecule has 0 saturated heterocycles. The molecule has 0 radical (unpaired) electrons. The highest BCUT2D eigenvalue weighted by Crippen LogP contribution is 2.07. The molecule has 0 aliphatic rings. The van der Waals surface area contributed by atoms with E-state index in [9.17, 15) is 4.79 Å². The number of carbonyl (C=O) groups is 1. The molecule has 4 nitrogen and oxygen atoms in total. The fourth-order valence-electron chi connectivity index (χ4n) is 1.22. The largest absolute Gasteiger partial charge is 0.396 e. The maximum absolute atomic E-state index is 11.6. The van der Waals surface area contributed by atoms with E-state index in [0.717, 1.165) is 12.8 Å². The van der Waals surface area contributed by atoms with Crippen LogP contribution in [0.2, 0.25) is 0 Å². The number of hydrogen-bond acceptors (Lipinski definition) is 3.